The van der Waals surface area contributed by atoms with Crippen molar-refractivity contribution in [2.45, 2.75) is 25.8 Å². The van der Waals surface area contributed by atoms with E-state index in [-0.39, 0.29) is 6.04 Å². The molecular formula is C15H23NO3. The molecule has 0 bridgehead atoms. The van der Waals surface area contributed by atoms with E-state index in [9.17, 15) is 0 Å². The molecule has 1 unspecified atom stereocenters. The molecule has 1 atom stereocenters. The van der Waals surface area contributed by atoms with Crippen LogP contribution in [0.2, 0.25) is 0 Å². The molecule has 106 valence electrons. The van der Waals surface area contributed by atoms with Crippen molar-refractivity contribution in [3.63, 3.8) is 0 Å². The molecular weight excluding hydrogens is 242 g/mol. The van der Waals surface area contributed by atoms with Crippen molar-refractivity contribution in [1.82, 2.24) is 5.32 Å². The Balaban J connectivity index is 2.08. The number of ether oxygens (including phenoxy) is 3. The van der Waals surface area contributed by atoms with Gasteiger partial charge in [-0.15, -0.1) is 0 Å². The third-order valence-corrected chi connectivity index (χ3v) is 3.28. The number of hydrogen-bond acceptors (Lipinski definition) is 4. The fraction of sp³-hybridized carbons (Fsp3) is 0.600. The molecule has 0 aliphatic carbocycles. The quantitative estimate of drug-likeness (QED) is 0.802. The van der Waals surface area contributed by atoms with Crippen molar-refractivity contribution in [3.05, 3.63) is 23.8 Å². The van der Waals surface area contributed by atoms with Gasteiger partial charge in [0, 0.05) is 25.7 Å². The van der Waals surface area contributed by atoms with Gasteiger partial charge in [0.25, 0.3) is 0 Å². The van der Waals surface area contributed by atoms with E-state index < -0.39 is 0 Å². The lowest BCUT2D eigenvalue weighted by Crippen LogP contribution is -2.18. The van der Waals surface area contributed by atoms with Gasteiger partial charge in [-0.1, -0.05) is 6.07 Å². The van der Waals surface area contributed by atoms with Crippen LogP contribution in [-0.2, 0) is 4.74 Å². The van der Waals surface area contributed by atoms with E-state index in [0.29, 0.717) is 0 Å². The van der Waals surface area contributed by atoms with E-state index in [1.165, 1.54) is 5.56 Å². The van der Waals surface area contributed by atoms with Gasteiger partial charge < -0.3 is 19.5 Å². The number of rotatable bonds is 6. The maximum atomic E-state index is 5.73. The molecule has 1 aromatic carbocycles. The normalized spacial score (nSPS) is 15.9. The Hall–Kier alpha value is -1.26. The highest BCUT2D eigenvalue weighted by Gasteiger charge is 2.15. The number of benzene rings is 1. The minimum atomic E-state index is 0.281. The van der Waals surface area contributed by atoms with E-state index in [4.69, 9.17) is 14.2 Å². The average Bonchev–Trinajstić information content (AvgIpc) is 2.68. The molecule has 4 heteroatoms. The summed E-state index contributed by atoms with van der Waals surface area (Å²) in [4.78, 5) is 0. The molecule has 0 fully saturated rings. The van der Waals surface area contributed by atoms with Crippen LogP contribution in [-0.4, -0.2) is 33.5 Å². The van der Waals surface area contributed by atoms with Crippen LogP contribution in [0.25, 0.3) is 0 Å². The second-order valence-corrected chi connectivity index (χ2v) is 4.58. The maximum Gasteiger partial charge on any atom is 0.161 e. The van der Waals surface area contributed by atoms with Gasteiger partial charge in [-0.05, 0) is 38.1 Å². The molecule has 2 rings (SSSR count). The van der Waals surface area contributed by atoms with Crippen molar-refractivity contribution >= 4 is 0 Å². The number of hydrogen-bond donors (Lipinski definition) is 1. The first kappa shape index (κ1) is 14.2. The van der Waals surface area contributed by atoms with E-state index >= 15 is 0 Å². The Labute approximate surface area is 115 Å². The molecule has 1 aliphatic heterocycles. The zero-order chi connectivity index (χ0) is 13.5. The fourth-order valence-electron chi connectivity index (χ4n) is 2.22. The SMILES string of the molecule is CCOCCC(NC)c1ccc2c(c1)OCCCO2. The summed E-state index contributed by atoms with van der Waals surface area (Å²) in [5, 5.41) is 3.32. The Morgan fingerprint density at radius 2 is 2.05 bits per heavy atom. The van der Waals surface area contributed by atoms with Crippen LogP contribution in [0.15, 0.2) is 18.2 Å². The average molecular weight is 265 g/mol. The Kier molecular flexibility index (Phi) is 5.48. The summed E-state index contributed by atoms with van der Waals surface area (Å²) in [5.74, 6) is 1.70. The largest absolute Gasteiger partial charge is 0.490 e. The minimum absolute atomic E-state index is 0.281. The van der Waals surface area contributed by atoms with Crippen molar-refractivity contribution in [2.75, 3.05) is 33.5 Å². The smallest absolute Gasteiger partial charge is 0.161 e. The van der Waals surface area contributed by atoms with Crippen LogP contribution in [0.4, 0.5) is 0 Å². The number of nitrogens with one attached hydrogen (secondary N) is 1. The monoisotopic (exact) mass is 265 g/mol. The van der Waals surface area contributed by atoms with Gasteiger partial charge in [0.1, 0.15) is 0 Å². The van der Waals surface area contributed by atoms with Crippen LogP contribution >= 0.6 is 0 Å². The van der Waals surface area contributed by atoms with E-state index in [0.717, 1.165) is 50.8 Å². The highest BCUT2D eigenvalue weighted by Crippen LogP contribution is 2.32. The Morgan fingerprint density at radius 1 is 1.26 bits per heavy atom. The molecule has 0 saturated heterocycles. The molecule has 0 aromatic heterocycles. The van der Waals surface area contributed by atoms with Gasteiger partial charge in [-0.25, -0.2) is 0 Å². The minimum Gasteiger partial charge on any atom is -0.490 e. The molecule has 1 aliphatic rings. The lowest BCUT2D eigenvalue weighted by atomic mass is 10.0. The standard InChI is InChI=1S/C15H23NO3/c1-3-17-10-7-13(16-2)12-5-6-14-15(11-12)19-9-4-8-18-14/h5-6,11,13,16H,3-4,7-10H2,1-2H3. The van der Waals surface area contributed by atoms with E-state index in [1.807, 2.05) is 20.0 Å². The Bertz CT molecular complexity index is 395. The summed E-state index contributed by atoms with van der Waals surface area (Å²) >= 11 is 0. The second-order valence-electron chi connectivity index (χ2n) is 4.58. The molecule has 0 saturated carbocycles. The van der Waals surface area contributed by atoms with E-state index in [1.54, 1.807) is 0 Å². The summed E-state index contributed by atoms with van der Waals surface area (Å²) in [5.41, 5.74) is 1.21. The molecule has 0 amide bonds. The first-order valence-corrected chi connectivity index (χ1v) is 6.99. The second kappa shape index (κ2) is 7.36. The molecule has 1 heterocycles. The summed E-state index contributed by atoms with van der Waals surface area (Å²) < 4.78 is 16.8. The van der Waals surface area contributed by atoms with Crippen LogP contribution in [0.5, 0.6) is 11.5 Å². The van der Waals surface area contributed by atoms with Crippen LogP contribution in [0.1, 0.15) is 31.4 Å². The predicted molar refractivity (Wildman–Crippen MR) is 75.0 cm³/mol. The lowest BCUT2D eigenvalue weighted by Gasteiger charge is -2.18. The molecule has 0 radical (unpaired) electrons. The van der Waals surface area contributed by atoms with Gasteiger partial charge in [0.05, 0.1) is 13.2 Å². The third-order valence-electron chi connectivity index (χ3n) is 3.28. The first-order valence-electron chi connectivity index (χ1n) is 6.99. The first-order chi connectivity index (χ1) is 9.35. The van der Waals surface area contributed by atoms with Crippen molar-refractivity contribution in [1.29, 1.82) is 0 Å². The van der Waals surface area contributed by atoms with Crippen LogP contribution in [0, 0.1) is 0 Å². The predicted octanol–water partition coefficient (Wildman–Crippen LogP) is 2.54. The van der Waals surface area contributed by atoms with Gasteiger partial charge in [0.15, 0.2) is 11.5 Å². The van der Waals surface area contributed by atoms with Crippen molar-refractivity contribution in [3.8, 4) is 11.5 Å². The van der Waals surface area contributed by atoms with E-state index in [2.05, 4.69) is 17.4 Å². The zero-order valence-electron chi connectivity index (χ0n) is 11.8. The van der Waals surface area contributed by atoms with Gasteiger partial charge in [-0.3, -0.25) is 0 Å². The summed E-state index contributed by atoms with van der Waals surface area (Å²) in [6.45, 7) is 4.99. The van der Waals surface area contributed by atoms with Crippen LogP contribution in [0.3, 0.4) is 0 Å². The highest BCUT2D eigenvalue weighted by atomic mass is 16.5. The molecule has 0 spiro atoms. The fourth-order valence-corrected chi connectivity index (χ4v) is 2.22. The molecule has 1 N–H and O–H groups in total. The van der Waals surface area contributed by atoms with Gasteiger partial charge in [-0.2, -0.15) is 0 Å². The van der Waals surface area contributed by atoms with Crippen molar-refractivity contribution < 1.29 is 14.2 Å². The van der Waals surface area contributed by atoms with Crippen LogP contribution < -0.4 is 14.8 Å². The lowest BCUT2D eigenvalue weighted by molar-refractivity contribution is 0.137. The maximum absolute atomic E-state index is 5.73. The summed E-state index contributed by atoms with van der Waals surface area (Å²) in [6.07, 6.45) is 1.88. The molecule has 1 aromatic rings. The molecule has 4 nitrogen and oxygen atoms in total. The number of fused-ring (bicyclic) bond motifs is 1. The zero-order valence-corrected chi connectivity index (χ0v) is 11.8. The molecule has 19 heavy (non-hydrogen) atoms. The topological polar surface area (TPSA) is 39.7 Å². The van der Waals surface area contributed by atoms with Gasteiger partial charge in [0.2, 0.25) is 0 Å². The third kappa shape index (κ3) is 3.85. The Morgan fingerprint density at radius 3 is 2.79 bits per heavy atom. The summed E-state index contributed by atoms with van der Waals surface area (Å²) in [6, 6.07) is 6.46. The van der Waals surface area contributed by atoms with Crippen molar-refractivity contribution in [2.24, 2.45) is 0 Å². The summed E-state index contributed by atoms with van der Waals surface area (Å²) in [7, 11) is 1.97. The van der Waals surface area contributed by atoms with Gasteiger partial charge >= 0.3 is 0 Å². The highest BCUT2D eigenvalue weighted by molar-refractivity contribution is 5.44.